The van der Waals surface area contributed by atoms with Gasteiger partial charge in [-0.05, 0) is 17.1 Å². The average molecular weight is 191 g/mol. The minimum absolute atomic E-state index is 0.364. The molecule has 3 nitrogen and oxygen atoms in total. The Labute approximate surface area is 79.8 Å². The summed E-state index contributed by atoms with van der Waals surface area (Å²) in [5.41, 5.74) is 0.621. The lowest BCUT2D eigenvalue weighted by Crippen LogP contribution is -1.82. The summed E-state index contributed by atoms with van der Waals surface area (Å²) in [5.74, 6) is 0.447. The van der Waals surface area contributed by atoms with Crippen molar-refractivity contribution in [2.45, 2.75) is 0 Å². The SMILES string of the molecule is C#[N+]c1ccc2ccnc(Cl)c2n1. The minimum Gasteiger partial charge on any atom is -0.240 e. The zero-order chi connectivity index (χ0) is 9.26. The van der Waals surface area contributed by atoms with E-state index >= 15 is 0 Å². The van der Waals surface area contributed by atoms with Gasteiger partial charge in [0.1, 0.15) is 6.57 Å². The zero-order valence-corrected chi connectivity index (χ0v) is 7.36. The van der Waals surface area contributed by atoms with E-state index in [2.05, 4.69) is 14.8 Å². The van der Waals surface area contributed by atoms with Gasteiger partial charge in [-0.25, -0.2) is 4.98 Å². The van der Waals surface area contributed by atoms with Gasteiger partial charge in [-0.15, -0.1) is 0 Å². The first-order chi connectivity index (χ1) is 6.31. The molecule has 2 aromatic rings. The molecule has 2 heterocycles. The van der Waals surface area contributed by atoms with E-state index in [0.717, 1.165) is 5.39 Å². The number of pyridine rings is 2. The lowest BCUT2D eigenvalue weighted by molar-refractivity contribution is 1.32. The third-order valence-corrected chi connectivity index (χ3v) is 1.96. The standard InChI is InChI=1S/C9H5ClN3/c1-11-7-3-2-6-4-5-12-9(10)8(6)13-7/h1-5H/q+1. The Hall–Kier alpha value is -1.66. The number of aromatic nitrogens is 2. The molecule has 13 heavy (non-hydrogen) atoms. The fraction of sp³-hybridized carbons (Fsp3) is 0. The lowest BCUT2D eigenvalue weighted by atomic mass is 10.2. The maximum Gasteiger partial charge on any atom is 0.425 e. The Morgan fingerprint density at radius 3 is 2.92 bits per heavy atom. The summed E-state index contributed by atoms with van der Waals surface area (Å²) in [7, 11) is 0. The largest absolute Gasteiger partial charge is 0.425 e. The maximum absolute atomic E-state index is 5.83. The summed E-state index contributed by atoms with van der Waals surface area (Å²) in [5, 5.41) is 1.29. The van der Waals surface area contributed by atoms with Gasteiger partial charge >= 0.3 is 5.82 Å². The summed E-state index contributed by atoms with van der Waals surface area (Å²) in [4.78, 5) is 11.5. The third kappa shape index (κ3) is 1.32. The molecule has 0 fully saturated rings. The quantitative estimate of drug-likeness (QED) is 0.598. The summed E-state index contributed by atoms with van der Waals surface area (Å²) >= 11 is 5.83. The number of rotatable bonds is 0. The first-order valence-electron chi connectivity index (χ1n) is 3.63. The highest BCUT2D eigenvalue weighted by Crippen LogP contribution is 2.21. The fourth-order valence-electron chi connectivity index (χ4n) is 1.08. The van der Waals surface area contributed by atoms with Crippen molar-refractivity contribution >= 4 is 28.3 Å². The highest BCUT2D eigenvalue weighted by atomic mass is 35.5. The van der Waals surface area contributed by atoms with Crippen LogP contribution in [-0.2, 0) is 0 Å². The molecular weight excluding hydrogens is 186 g/mol. The van der Waals surface area contributed by atoms with E-state index in [-0.39, 0.29) is 0 Å². The van der Waals surface area contributed by atoms with Crippen molar-refractivity contribution in [1.82, 2.24) is 9.97 Å². The average Bonchev–Trinajstić information content (AvgIpc) is 2.18. The molecule has 0 aliphatic heterocycles. The molecule has 0 saturated heterocycles. The second kappa shape index (κ2) is 3.00. The van der Waals surface area contributed by atoms with Crippen LogP contribution in [0.3, 0.4) is 0 Å². The zero-order valence-electron chi connectivity index (χ0n) is 6.61. The summed E-state index contributed by atoms with van der Waals surface area (Å²) < 4.78 is 0. The van der Waals surface area contributed by atoms with Gasteiger partial charge in [0.15, 0.2) is 5.15 Å². The maximum atomic E-state index is 5.83. The highest BCUT2D eigenvalue weighted by molar-refractivity contribution is 6.33. The molecule has 0 N–H and O–H groups in total. The molecule has 0 saturated carbocycles. The molecule has 0 aliphatic carbocycles. The van der Waals surface area contributed by atoms with Crippen molar-refractivity contribution < 1.29 is 0 Å². The Balaban J connectivity index is 2.84. The number of nitrogens with zero attached hydrogens (tertiary/aromatic N) is 3. The van der Waals surface area contributed by atoms with Crippen LogP contribution < -0.4 is 0 Å². The second-order valence-electron chi connectivity index (χ2n) is 2.47. The Kier molecular flexibility index (Phi) is 1.84. The van der Waals surface area contributed by atoms with Gasteiger partial charge in [0, 0.05) is 11.6 Å². The van der Waals surface area contributed by atoms with Gasteiger partial charge in [0.05, 0.1) is 6.07 Å². The van der Waals surface area contributed by atoms with Crippen LogP contribution in [0.1, 0.15) is 0 Å². The summed E-state index contributed by atoms with van der Waals surface area (Å²) in [6.07, 6.45) is 1.63. The molecule has 0 bridgehead atoms. The number of halogens is 1. The van der Waals surface area contributed by atoms with Crippen LogP contribution in [0.25, 0.3) is 15.7 Å². The Morgan fingerprint density at radius 2 is 2.15 bits per heavy atom. The normalized spacial score (nSPS) is 9.85. The van der Waals surface area contributed by atoms with E-state index in [1.165, 1.54) is 0 Å². The Morgan fingerprint density at radius 1 is 1.31 bits per heavy atom. The van der Waals surface area contributed by atoms with Gasteiger partial charge in [0.25, 0.3) is 0 Å². The first kappa shape index (κ1) is 7.96. The van der Waals surface area contributed by atoms with Crippen molar-refractivity contribution in [1.29, 1.82) is 0 Å². The Bertz CT molecular complexity index is 502. The van der Waals surface area contributed by atoms with Crippen LogP contribution >= 0.6 is 11.6 Å². The van der Waals surface area contributed by atoms with Crippen LogP contribution in [0.5, 0.6) is 0 Å². The van der Waals surface area contributed by atoms with E-state index in [0.29, 0.717) is 16.5 Å². The molecule has 0 radical (unpaired) electrons. The lowest BCUT2D eigenvalue weighted by Gasteiger charge is -1.90. The van der Waals surface area contributed by atoms with Crippen molar-refractivity contribution in [3.05, 3.63) is 34.4 Å². The molecule has 0 atom stereocenters. The first-order valence-corrected chi connectivity index (χ1v) is 4.01. The molecule has 4 heteroatoms. The molecule has 2 rings (SSSR count). The predicted octanol–water partition coefficient (Wildman–Crippen LogP) is 2.88. The topological polar surface area (TPSA) is 30.1 Å². The van der Waals surface area contributed by atoms with Crippen LogP contribution in [-0.4, -0.2) is 9.97 Å². The predicted molar refractivity (Wildman–Crippen MR) is 52.5 cm³/mol. The van der Waals surface area contributed by atoms with E-state index < -0.39 is 0 Å². The highest BCUT2D eigenvalue weighted by Gasteiger charge is 2.10. The van der Waals surface area contributed by atoms with E-state index in [4.69, 9.17) is 18.2 Å². The monoisotopic (exact) mass is 190 g/mol. The number of fused-ring (bicyclic) bond motifs is 1. The van der Waals surface area contributed by atoms with Crippen LogP contribution in [0, 0.1) is 6.57 Å². The fourth-order valence-corrected chi connectivity index (χ4v) is 1.28. The second-order valence-corrected chi connectivity index (χ2v) is 2.83. The van der Waals surface area contributed by atoms with Crippen LogP contribution in [0.15, 0.2) is 24.4 Å². The third-order valence-electron chi connectivity index (χ3n) is 1.68. The molecule has 0 aromatic carbocycles. The molecule has 0 amide bonds. The molecule has 62 valence electrons. The van der Waals surface area contributed by atoms with Crippen molar-refractivity contribution in [2.75, 3.05) is 0 Å². The molecule has 0 aliphatic rings. The molecular formula is C9H5ClN3+. The number of hydrogen-bond donors (Lipinski definition) is 0. The van der Waals surface area contributed by atoms with Gasteiger partial charge in [-0.3, -0.25) is 0 Å². The van der Waals surface area contributed by atoms with E-state index in [1.54, 1.807) is 12.3 Å². The van der Waals surface area contributed by atoms with Crippen molar-refractivity contribution in [3.63, 3.8) is 0 Å². The molecule has 0 unspecified atom stereocenters. The van der Waals surface area contributed by atoms with Gasteiger partial charge in [-0.1, -0.05) is 11.6 Å². The smallest absolute Gasteiger partial charge is 0.240 e. The van der Waals surface area contributed by atoms with E-state index in [1.807, 2.05) is 12.1 Å². The summed E-state index contributed by atoms with van der Waals surface area (Å²) in [6, 6.07) is 5.40. The summed E-state index contributed by atoms with van der Waals surface area (Å²) in [6.45, 7) is 5.09. The number of hydrogen-bond acceptors (Lipinski definition) is 2. The van der Waals surface area contributed by atoms with Gasteiger partial charge in [-0.2, -0.15) is 4.85 Å². The van der Waals surface area contributed by atoms with Crippen molar-refractivity contribution in [3.8, 4) is 6.57 Å². The van der Waals surface area contributed by atoms with Crippen LogP contribution in [0.4, 0.5) is 5.82 Å². The van der Waals surface area contributed by atoms with Crippen molar-refractivity contribution in [2.24, 2.45) is 0 Å². The van der Waals surface area contributed by atoms with Gasteiger partial charge in [0.2, 0.25) is 5.52 Å². The molecule has 2 aromatic heterocycles. The van der Waals surface area contributed by atoms with Gasteiger partial charge < -0.3 is 0 Å². The van der Waals surface area contributed by atoms with E-state index in [9.17, 15) is 0 Å². The minimum atomic E-state index is 0.364. The molecule has 0 spiro atoms. The van der Waals surface area contributed by atoms with Crippen LogP contribution in [0.2, 0.25) is 5.15 Å².